The van der Waals surface area contributed by atoms with E-state index in [0.29, 0.717) is 13.1 Å². The first-order valence-corrected chi connectivity index (χ1v) is 8.55. The number of benzene rings is 1. The minimum absolute atomic E-state index is 0.0632. The standard InChI is InChI=1S/C15H17BrN2OS/c1-11-9-12(3-4-13(11)16)14(19)18-7-5-15(10-17,20-2)6-8-18/h3-4,9H,5-8H2,1-2H3. The Labute approximate surface area is 132 Å². The average molecular weight is 353 g/mol. The maximum atomic E-state index is 12.5. The predicted molar refractivity (Wildman–Crippen MR) is 85.9 cm³/mol. The van der Waals surface area contributed by atoms with Crippen molar-refractivity contribution in [3.8, 4) is 6.07 Å². The Balaban J connectivity index is 2.09. The molecule has 0 radical (unpaired) electrons. The number of rotatable bonds is 2. The van der Waals surface area contributed by atoms with Gasteiger partial charge in [0.1, 0.15) is 4.75 Å². The summed E-state index contributed by atoms with van der Waals surface area (Å²) in [7, 11) is 0. The van der Waals surface area contributed by atoms with Crippen LogP contribution in [0.25, 0.3) is 0 Å². The molecule has 1 aliphatic rings. The number of hydrogen-bond donors (Lipinski definition) is 0. The van der Waals surface area contributed by atoms with Gasteiger partial charge >= 0.3 is 0 Å². The van der Waals surface area contributed by atoms with Crippen LogP contribution in [0.2, 0.25) is 0 Å². The molecule has 2 rings (SSSR count). The van der Waals surface area contributed by atoms with Crippen LogP contribution in [0.4, 0.5) is 0 Å². The summed E-state index contributed by atoms with van der Waals surface area (Å²) in [6.07, 6.45) is 3.45. The average Bonchev–Trinajstić information content (AvgIpc) is 2.49. The van der Waals surface area contributed by atoms with Gasteiger partial charge in [0.15, 0.2) is 0 Å². The summed E-state index contributed by atoms with van der Waals surface area (Å²) < 4.78 is 0.699. The second kappa shape index (κ2) is 6.19. The lowest BCUT2D eigenvalue weighted by Crippen LogP contribution is -2.44. The number of piperidine rings is 1. The molecule has 1 heterocycles. The number of hydrogen-bond acceptors (Lipinski definition) is 3. The van der Waals surface area contributed by atoms with E-state index in [1.165, 1.54) is 0 Å². The summed E-state index contributed by atoms with van der Waals surface area (Å²) in [5.74, 6) is 0.0632. The zero-order chi connectivity index (χ0) is 14.8. The van der Waals surface area contributed by atoms with Gasteiger partial charge in [-0.05, 0) is 49.8 Å². The lowest BCUT2D eigenvalue weighted by Gasteiger charge is -2.36. The molecule has 1 saturated heterocycles. The van der Waals surface area contributed by atoms with Crippen molar-refractivity contribution in [2.45, 2.75) is 24.5 Å². The van der Waals surface area contributed by atoms with Crippen molar-refractivity contribution >= 4 is 33.6 Å². The van der Waals surface area contributed by atoms with Crippen molar-refractivity contribution in [2.24, 2.45) is 0 Å². The number of aryl methyl sites for hydroxylation is 1. The van der Waals surface area contributed by atoms with E-state index < -0.39 is 0 Å². The van der Waals surface area contributed by atoms with Crippen LogP contribution in [-0.4, -0.2) is 34.9 Å². The Bertz CT molecular complexity index is 559. The lowest BCUT2D eigenvalue weighted by molar-refractivity contribution is 0.0716. The quantitative estimate of drug-likeness (QED) is 0.816. The van der Waals surface area contributed by atoms with Crippen LogP contribution in [0.15, 0.2) is 22.7 Å². The van der Waals surface area contributed by atoms with Gasteiger partial charge in [-0.3, -0.25) is 4.79 Å². The minimum atomic E-state index is -0.313. The Morgan fingerprint density at radius 2 is 2.10 bits per heavy atom. The molecule has 5 heteroatoms. The molecule has 0 spiro atoms. The van der Waals surface area contributed by atoms with Gasteiger partial charge in [0.2, 0.25) is 0 Å². The third kappa shape index (κ3) is 3.02. The second-order valence-electron chi connectivity index (χ2n) is 5.07. The zero-order valence-electron chi connectivity index (χ0n) is 11.6. The monoisotopic (exact) mass is 352 g/mol. The molecule has 0 bridgehead atoms. The van der Waals surface area contributed by atoms with Gasteiger partial charge in [-0.25, -0.2) is 0 Å². The number of likely N-dealkylation sites (tertiary alicyclic amines) is 1. The number of thioether (sulfide) groups is 1. The number of halogens is 1. The highest BCUT2D eigenvalue weighted by atomic mass is 79.9. The van der Waals surface area contributed by atoms with Crippen LogP contribution in [0, 0.1) is 18.3 Å². The molecular formula is C15H17BrN2OS. The SMILES string of the molecule is CSC1(C#N)CCN(C(=O)c2ccc(Br)c(C)c2)CC1. The molecule has 0 atom stereocenters. The van der Waals surface area contributed by atoms with E-state index in [9.17, 15) is 10.1 Å². The molecule has 3 nitrogen and oxygen atoms in total. The summed E-state index contributed by atoms with van der Waals surface area (Å²) >= 11 is 5.05. The first kappa shape index (κ1) is 15.4. The molecule has 0 N–H and O–H groups in total. The zero-order valence-corrected chi connectivity index (χ0v) is 14.1. The summed E-state index contributed by atoms with van der Waals surface area (Å²) in [6.45, 7) is 3.29. The number of carbonyl (C=O) groups excluding carboxylic acids is 1. The molecule has 1 aliphatic heterocycles. The summed E-state index contributed by atoms with van der Waals surface area (Å²) in [4.78, 5) is 14.3. The molecule has 0 saturated carbocycles. The van der Waals surface area contributed by atoms with Crippen LogP contribution in [-0.2, 0) is 0 Å². The van der Waals surface area contributed by atoms with Crippen LogP contribution in [0.3, 0.4) is 0 Å². The maximum Gasteiger partial charge on any atom is 0.253 e. The van der Waals surface area contributed by atoms with Crippen LogP contribution >= 0.6 is 27.7 Å². The van der Waals surface area contributed by atoms with Crippen LogP contribution in [0.5, 0.6) is 0 Å². The highest BCUT2D eigenvalue weighted by Crippen LogP contribution is 2.34. The number of carbonyl (C=O) groups is 1. The van der Waals surface area contributed by atoms with E-state index in [-0.39, 0.29) is 10.7 Å². The van der Waals surface area contributed by atoms with Gasteiger partial charge in [0.25, 0.3) is 5.91 Å². The van der Waals surface area contributed by atoms with Crippen molar-refractivity contribution in [3.05, 3.63) is 33.8 Å². The van der Waals surface area contributed by atoms with E-state index in [4.69, 9.17) is 0 Å². The molecule has 0 unspecified atom stereocenters. The molecule has 0 aliphatic carbocycles. The fraction of sp³-hybridized carbons (Fsp3) is 0.467. The van der Waals surface area contributed by atoms with Gasteiger partial charge in [0.05, 0.1) is 6.07 Å². The van der Waals surface area contributed by atoms with E-state index in [1.54, 1.807) is 11.8 Å². The third-order valence-electron chi connectivity index (χ3n) is 3.86. The minimum Gasteiger partial charge on any atom is -0.338 e. The molecular weight excluding hydrogens is 336 g/mol. The van der Waals surface area contributed by atoms with Crippen molar-refractivity contribution in [1.82, 2.24) is 4.90 Å². The molecule has 1 amide bonds. The molecule has 106 valence electrons. The number of nitrogens with zero attached hydrogens (tertiary/aromatic N) is 2. The van der Waals surface area contributed by atoms with Gasteiger partial charge < -0.3 is 4.90 Å². The Morgan fingerprint density at radius 3 is 2.60 bits per heavy atom. The molecule has 1 fully saturated rings. The summed E-state index contributed by atoms with van der Waals surface area (Å²) in [5.41, 5.74) is 1.78. The molecule has 20 heavy (non-hydrogen) atoms. The van der Waals surface area contributed by atoms with Crippen molar-refractivity contribution < 1.29 is 4.79 Å². The Hall–Kier alpha value is -0.990. The van der Waals surface area contributed by atoms with E-state index in [2.05, 4.69) is 22.0 Å². The fourth-order valence-electron chi connectivity index (χ4n) is 2.39. The fourth-order valence-corrected chi connectivity index (χ4v) is 3.32. The second-order valence-corrected chi connectivity index (χ2v) is 7.11. The predicted octanol–water partition coefficient (Wildman–Crippen LogP) is 3.62. The third-order valence-corrected chi connectivity index (χ3v) is 6.03. The van der Waals surface area contributed by atoms with Crippen molar-refractivity contribution in [2.75, 3.05) is 19.3 Å². The summed E-state index contributed by atoms with van der Waals surface area (Å²) in [5, 5.41) is 9.27. The van der Waals surface area contributed by atoms with E-state index >= 15 is 0 Å². The highest BCUT2D eigenvalue weighted by Gasteiger charge is 2.35. The van der Waals surface area contributed by atoms with Gasteiger partial charge in [-0.15, -0.1) is 11.8 Å². The molecule has 0 aromatic heterocycles. The molecule has 1 aromatic carbocycles. The first-order chi connectivity index (χ1) is 9.51. The van der Waals surface area contributed by atoms with E-state index in [1.807, 2.05) is 36.3 Å². The molecule has 1 aromatic rings. The van der Waals surface area contributed by atoms with Gasteiger partial charge in [-0.1, -0.05) is 15.9 Å². The Kier molecular flexibility index (Phi) is 4.77. The van der Waals surface area contributed by atoms with Crippen LogP contribution in [0.1, 0.15) is 28.8 Å². The van der Waals surface area contributed by atoms with Crippen molar-refractivity contribution in [1.29, 1.82) is 5.26 Å². The van der Waals surface area contributed by atoms with Gasteiger partial charge in [-0.2, -0.15) is 5.26 Å². The highest BCUT2D eigenvalue weighted by molar-refractivity contribution is 9.10. The maximum absolute atomic E-state index is 12.5. The largest absolute Gasteiger partial charge is 0.338 e. The number of nitriles is 1. The van der Waals surface area contributed by atoms with Crippen LogP contribution < -0.4 is 0 Å². The smallest absolute Gasteiger partial charge is 0.253 e. The lowest BCUT2D eigenvalue weighted by atomic mass is 9.96. The Morgan fingerprint density at radius 1 is 1.45 bits per heavy atom. The normalized spacial score (nSPS) is 17.6. The topological polar surface area (TPSA) is 44.1 Å². The van der Waals surface area contributed by atoms with E-state index in [0.717, 1.165) is 28.4 Å². The summed E-state index contributed by atoms with van der Waals surface area (Å²) in [6, 6.07) is 8.07. The first-order valence-electron chi connectivity index (χ1n) is 6.53. The van der Waals surface area contributed by atoms with Crippen molar-refractivity contribution in [3.63, 3.8) is 0 Å². The number of amides is 1. The van der Waals surface area contributed by atoms with Gasteiger partial charge in [0, 0.05) is 23.1 Å².